The summed E-state index contributed by atoms with van der Waals surface area (Å²) in [6.45, 7) is 3.16. The second kappa shape index (κ2) is 4.88. The smallest absolute Gasteiger partial charge is 0.245 e. The minimum absolute atomic E-state index is 0.221. The topological polar surface area (TPSA) is 63.4 Å². The molecular weight excluding hydrogens is 256 g/mol. The Morgan fingerprint density at radius 1 is 1.41 bits per heavy atom. The summed E-state index contributed by atoms with van der Waals surface area (Å²) in [6.07, 6.45) is 0. The number of hydrogen-bond donors (Lipinski definition) is 1. The predicted octanol–water partition coefficient (Wildman–Crippen LogP) is 1.39. The molecule has 17 heavy (non-hydrogen) atoms. The van der Waals surface area contributed by atoms with E-state index in [1.807, 2.05) is 6.92 Å². The van der Waals surface area contributed by atoms with E-state index in [4.69, 9.17) is 5.73 Å². The third-order valence-corrected chi connectivity index (χ3v) is 5.82. The third-order valence-electron chi connectivity index (χ3n) is 2.74. The lowest BCUT2D eigenvalue weighted by molar-refractivity contribution is 0.424. The molecule has 94 valence electrons. The summed E-state index contributed by atoms with van der Waals surface area (Å²) in [5.74, 6) is 0.840. The quantitative estimate of drug-likeness (QED) is 0.827. The van der Waals surface area contributed by atoms with Gasteiger partial charge in [-0.25, -0.2) is 8.42 Å². The summed E-state index contributed by atoms with van der Waals surface area (Å²) < 4.78 is 26.3. The van der Waals surface area contributed by atoms with Crippen molar-refractivity contribution in [3.63, 3.8) is 0 Å². The van der Waals surface area contributed by atoms with E-state index in [-0.39, 0.29) is 4.90 Å². The van der Waals surface area contributed by atoms with Crippen molar-refractivity contribution in [2.24, 2.45) is 0 Å². The first kappa shape index (κ1) is 12.7. The Bertz CT molecular complexity index is 502. The van der Waals surface area contributed by atoms with Crippen molar-refractivity contribution in [3.8, 4) is 0 Å². The molecule has 0 amide bonds. The molecular formula is C11H16N2O2S2. The molecule has 1 atom stereocenters. The first-order valence-corrected chi connectivity index (χ1v) is 7.97. The van der Waals surface area contributed by atoms with Crippen LogP contribution in [0.15, 0.2) is 29.2 Å². The maximum absolute atomic E-state index is 12.4. The number of thioether (sulfide) groups is 1. The SMILES string of the molecule is CC1CN(S(=O)(=O)c2ccccc2N)CCS1. The standard InChI is InChI=1S/C11H16N2O2S2/c1-9-8-13(6-7-16-9)17(14,15)11-5-3-2-4-10(11)12/h2-5,9H,6-8,12H2,1H3. The molecule has 1 aliphatic heterocycles. The van der Waals surface area contributed by atoms with Crippen molar-refractivity contribution in [2.45, 2.75) is 17.1 Å². The maximum atomic E-state index is 12.4. The highest BCUT2D eigenvalue weighted by Crippen LogP contribution is 2.26. The summed E-state index contributed by atoms with van der Waals surface area (Å²) in [4.78, 5) is 0.221. The molecule has 1 unspecified atom stereocenters. The molecule has 0 bridgehead atoms. The van der Waals surface area contributed by atoms with E-state index in [2.05, 4.69) is 0 Å². The summed E-state index contributed by atoms with van der Waals surface area (Å²) in [7, 11) is -3.43. The first-order valence-electron chi connectivity index (χ1n) is 5.48. The van der Waals surface area contributed by atoms with Gasteiger partial charge in [0.2, 0.25) is 10.0 Å². The van der Waals surface area contributed by atoms with Gasteiger partial charge in [0.25, 0.3) is 0 Å². The van der Waals surface area contributed by atoms with Gasteiger partial charge in [-0.05, 0) is 12.1 Å². The minimum Gasteiger partial charge on any atom is -0.398 e. The Balaban J connectivity index is 2.33. The van der Waals surface area contributed by atoms with Crippen LogP contribution in [-0.2, 0) is 10.0 Å². The fourth-order valence-electron chi connectivity index (χ4n) is 1.86. The zero-order valence-corrected chi connectivity index (χ0v) is 11.3. The number of nitrogens with zero attached hydrogens (tertiary/aromatic N) is 1. The maximum Gasteiger partial charge on any atom is 0.245 e. The average molecular weight is 272 g/mol. The van der Waals surface area contributed by atoms with Crippen LogP contribution in [0.25, 0.3) is 0 Å². The molecule has 0 aliphatic carbocycles. The van der Waals surface area contributed by atoms with Crippen molar-refractivity contribution in [1.82, 2.24) is 4.31 Å². The molecule has 0 spiro atoms. The number of anilines is 1. The van der Waals surface area contributed by atoms with E-state index in [9.17, 15) is 8.42 Å². The van der Waals surface area contributed by atoms with Crippen LogP contribution in [0.2, 0.25) is 0 Å². The van der Waals surface area contributed by atoms with E-state index in [1.54, 1.807) is 36.0 Å². The van der Waals surface area contributed by atoms with Gasteiger partial charge in [-0.1, -0.05) is 19.1 Å². The number of nitrogens with two attached hydrogens (primary N) is 1. The van der Waals surface area contributed by atoms with Gasteiger partial charge in [-0.3, -0.25) is 0 Å². The van der Waals surface area contributed by atoms with E-state index in [0.29, 0.717) is 24.0 Å². The van der Waals surface area contributed by atoms with Crippen LogP contribution in [0.1, 0.15) is 6.92 Å². The van der Waals surface area contributed by atoms with E-state index in [1.165, 1.54) is 4.31 Å². The lowest BCUT2D eigenvalue weighted by Crippen LogP contribution is -2.41. The summed E-state index contributed by atoms with van der Waals surface area (Å²) in [5.41, 5.74) is 6.05. The summed E-state index contributed by atoms with van der Waals surface area (Å²) in [5, 5.41) is 0.337. The Morgan fingerprint density at radius 3 is 2.76 bits per heavy atom. The van der Waals surface area contributed by atoms with Crippen LogP contribution in [0.4, 0.5) is 5.69 Å². The molecule has 1 fully saturated rings. The average Bonchev–Trinajstić information content (AvgIpc) is 2.29. The number of rotatable bonds is 2. The molecule has 1 aliphatic rings. The highest BCUT2D eigenvalue weighted by atomic mass is 32.2. The van der Waals surface area contributed by atoms with Crippen LogP contribution >= 0.6 is 11.8 Å². The lowest BCUT2D eigenvalue weighted by Gasteiger charge is -2.29. The molecule has 1 aromatic carbocycles. The van der Waals surface area contributed by atoms with Crippen LogP contribution < -0.4 is 5.73 Å². The molecule has 1 aromatic rings. The molecule has 1 saturated heterocycles. The molecule has 0 aromatic heterocycles. The van der Waals surface area contributed by atoms with Gasteiger partial charge in [0.05, 0.1) is 5.69 Å². The fourth-order valence-corrected chi connectivity index (χ4v) is 4.73. The second-order valence-electron chi connectivity index (χ2n) is 4.08. The van der Waals surface area contributed by atoms with Gasteiger partial charge in [0.15, 0.2) is 0 Å². The first-order chi connectivity index (χ1) is 8.01. The zero-order chi connectivity index (χ0) is 12.5. The second-order valence-corrected chi connectivity index (χ2v) is 7.53. The summed E-state index contributed by atoms with van der Waals surface area (Å²) in [6, 6.07) is 6.63. The Kier molecular flexibility index (Phi) is 3.65. The highest BCUT2D eigenvalue weighted by molar-refractivity contribution is 8.00. The number of hydrogen-bond acceptors (Lipinski definition) is 4. The lowest BCUT2D eigenvalue weighted by atomic mass is 10.3. The van der Waals surface area contributed by atoms with Crippen LogP contribution in [-0.4, -0.2) is 36.8 Å². The van der Waals surface area contributed by atoms with E-state index in [0.717, 1.165) is 5.75 Å². The van der Waals surface area contributed by atoms with Gasteiger partial charge < -0.3 is 5.73 Å². The number of para-hydroxylation sites is 1. The minimum atomic E-state index is -3.43. The molecule has 0 saturated carbocycles. The Morgan fingerprint density at radius 2 is 2.12 bits per heavy atom. The van der Waals surface area contributed by atoms with Gasteiger partial charge in [0.1, 0.15) is 4.90 Å². The molecule has 1 heterocycles. The van der Waals surface area contributed by atoms with Gasteiger partial charge in [0, 0.05) is 24.1 Å². The highest BCUT2D eigenvalue weighted by Gasteiger charge is 2.29. The molecule has 0 radical (unpaired) electrons. The number of nitrogen functional groups attached to an aromatic ring is 1. The van der Waals surface area contributed by atoms with E-state index >= 15 is 0 Å². The normalized spacial score (nSPS) is 22.5. The summed E-state index contributed by atoms with van der Waals surface area (Å²) >= 11 is 1.80. The number of sulfonamides is 1. The van der Waals surface area contributed by atoms with Crippen molar-refractivity contribution in [2.75, 3.05) is 24.6 Å². The predicted molar refractivity (Wildman–Crippen MR) is 71.5 cm³/mol. The monoisotopic (exact) mass is 272 g/mol. The van der Waals surface area contributed by atoms with E-state index < -0.39 is 10.0 Å². The van der Waals surface area contributed by atoms with Gasteiger partial charge in [-0.2, -0.15) is 16.1 Å². The number of benzene rings is 1. The van der Waals surface area contributed by atoms with Crippen molar-refractivity contribution in [1.29, 1.82) is 0 Å². The van der Waals surface area contributed by atoms with Gasteiger partial charge >= 0.3 is 0 Å². The van der Waals surface area contributed by atoms with Crippen LogP contribution in [0.3, 0.4) is 0 Å². The third kappa shape index (κ3) is 2.59. The van der Waals surface area contributed by atoms with Crippen molar-refractivity contribution in [3.05, 3.63) is 24.3 Å². The molecule has 6 heteroatoms. The fraction of sp³-hybridized carbons (Fsp3) is 0.455. The van der Waals surface area contributed by atoms with Crippen molar-refractivity contribution < 1.29 is 8.42 Å². The van der Waals surface area contributed by atoms with Crippen LogP contribution in [0, 0.1) is 0 Å². The molecule has 2 N–H and O–H groups in total. The van der Waals surface area contributed by atoms with Gasteiger partial charge in [-0.15, -0.1) is 0 Å². The zero-order valence-electron chi connectivity index (χ0n) is 9.67. The largest absolute Gasteiger partial charge is 0.398 e. The molecule has 4 nitrogen and oxygen atoms in total. The van der Waals surface area contributed by atoms with Crippen LogP contribution in [0.5, 0.6) is 0 Å². The Labute approximate surface area is 106 Å². The Hall–Kier alpha value is -0.720. The molecule has 2 rings (SSSR count). The van der Waals surface area contributed by atoms with Crippen molar-refractivity contribution >= 4 is 27.5 Å².